The van der Waals surface area contributed by atoms with Crippen molar-refractivity contribution in [3.63, 3.8) is 0 Å². The van der Waals surface area contributed by atoms with E-state index in [4.69, 9.17) is 0 Å². The van der Waals surface area contributed by atoms with Gasteiger partial charge in [0.15, 0.2) is 0 Å². The highest BCUT2D eigenvalue weighted by molar-refractivity contribution is 4.70. The normalized spacial score (nSPS) is 26.5. The molecule has 0 aromatic rings. The highest BCUT2D eigenvalue weighted by Crippen LogP contribution is 1.99. The van der Waals surface area contributed by atoms with Crippen LogP contribution in [0.25, 0.3) is 0 Å². The van der Waals surface area contributed by atoms with Gasteiger partial charge in [0.25, 0.3) is 0 Å². The fourth-order valence-corrected chi connectivity index (χ4v) is 2.38. The quantitative estimate of drug-likeness (QED) is 0.680. The molecule has 2 aliphatic rings. The standard InChI is InChI=1S/C12H27N5/c1-14-3-7-16(8-4-14)11-13-12-17-9-5-15(2)6-10-17/h13H,3-12H2,1-2H3. The zero-order valence-corrected chi connectivity index (χ0v) is 11.4. The fourth-order valence-electron chi connectivity index (χ4n) is 2.38. The van der Waals surface area contributed by atoms with Crippen molar-refractivity contribution in [2.24, 2.45) is 0 Å². The van der Waals surface area contributed by atoms with Gasteiger partial charge in [0, 0.05) is 65.7 Å². The van der Waals surface area contributed by atoms with E-state index in [2.05, 4.69) is 39.0 Å². The van der Waals surface area contributed by atoms with Crippen LogP contribution < -0.4 is 5.32 Å². The summed E-state index contributed by atoms with van der Waals surface area (Å²) in [5, 5.41) is 3.57. The van der Waals surface area contributed by atoms with Crippen molar-refractivity contribution >= 4 is 0 Å². The van der Waals surface area contributed by atoms with E-state index in [9.17, 15) is 0 Å². The van der Waals surface area contributed by atoms with Crippen LogP contribution in [0.15, 0.2) is 0 Å². The lowest BCUT2D eigenvalue weighted by atomic mass is 10.3. The molecule has 1 N–H and O–H groups in total. The average molecular weight is 241 g/mol. The first kappa shape index (κ1) is 13.2. The predicted octanol–water partition coefficient (Wildman–Crippen LogP) is -1.01. The third kappa shape index (κ3) is 4.52. The molecule has 0 unspecified atom stereocenters. The van der Waals surface area contributed by atoms with Crippen molar-refractivity contribution < 1.29 is 0 Å². The lowest BCUT2D eigenvalue weighted by Gasteiger charge is -2.35. The molecule has 5 nitrogen and oxygen atoms in total. The molecule has 0 radical (unpaired) electrons. The van der Waals surface area contributed by atoms with Gasteiger partial charge >= 0.3 is 0 Å². The van der Waals surface area contributed by atoms with Gasteiger partial charge in [0.2, 0.25) is 0 Å². The molecule has 5 heteroatoms. The van der Waals surface area contributed by atoms with E-state index in [-0.39, 0.29) is 0 Å². The summed E-state index contributed by atoms with van der Waals surface area (Å²) in [5.74, 6) is 0. The lowest BCUT2D eigenvalue weighted by molar-refractivity contribution is 0.114. The molecule has 0 aliphatic carbocycles. The van der Waals surface area contributed by atoms with Crippen LogP contribution in [0.5, 0.6) is 0 Å². The molecule has 0 atom stereocenters. The first-order valence-electron chi connectivity index (χ1n) is 6.76. The van der Waals surface area contributed by atoms with Gasteiger partial charge in [-0.15, -0.1) is 0 Å². The van der Waals surface area contributed by atoms with E-state index in [1.54, 1.807) is 0 Å². The minimum atomic E-state index is 1.04. The molecular weight excluding hydrogens is 214 g/mol. The van der Waals surface area contributed by atoms with Crippen LogP contribution in [0.2, 0.25) is 0 Å². The summed E-state index contributed by atoms with van der Waals surface area (Å²) in [5.41, 5.74) is 0. The summed E-state index contributed by atoms with van der Waals surface area (Å²) in [4.78, 5) is 9.82. The molecule has 0 amide bonds. The molecule has 0 aromatic carbocycles. The largest absolute Gasteiger partial charge is 0.304 e. The molecular formula is C12H27N5. The van der Waals surface area contributed by atoms with Crippen LogP contribution in [0.1, 0.15) is 0 Å². The molecule has 2 saturated heterocycles. The van der Waals surface area contributed by atoms with Crippen molar-refractivity contribution in [1.29, 1.82) is 0 Å². The second kappa shape index (κ2) is 6.66. The van der Waals surface area contributed by atoms with Crippen LogP contribution in [0.3, 0.4) is 0 Å². The topological polar surface area (TPSA) is 25.0 Å². The van der Waals surface area contributed by atoms with Gasteiger partial charge in [-0.05, 0) is 14.1 Å². The Kier molecular flexibility index (Phi) is 5.18. The van der Waals surface area contributed by atoms with Crippen molar-refractivity contribution in [2.45, 2.75) is 0 Å². The number of nitrogens with one attached hydrogen (secondary N) is 1. The molecule has 2 fully saturated rings. The monoisotopic (exact) mass is 241 g/mol. The number of nitrogens with zero attached hydrogens (tertiary/aromatic N) is 4. The van der Waals surface area contributed by atoms with Gasteiger partial charge in [-0.1, -0.05) is 0 Å². The molecule has 0 bridgehead atoms. The van der Waals surface area contributed by atoms with E-state index in [0.29, 0.717) is 0 Å². The number of hydrogen-bond acceptors (Lipinski definition) is 5. The molecule has 2 aliphatic heterocycles. The van der Waals surface area contributed by atoms with Crippen LogP contribution in [-0.4, -0.2) is 99.4 Å². The highest BCUT2D eigenvalue weighted by Gasteiger charge is 2.15. The number of piperazine rings is 2. The van der Waals surface area contributed by atoms with Crippen molar-refractivity contribution in [3.05, 3.63) is 0 Å². The van der Waals surface area contributed by atoms with Crippen molar-refractivity contribution in [2.75, 3.05) is 79.8 Å². The summed E-state index contributed by atoms with van der Waals surface area (Å²) in [6, 6.07) is 0. The summed E-state index contributed by atoms with van der Waals surface area (Å²) in [6.07, 6.45) is 0. The van der Waals surface area contributed by atoms with E-state index < -0.39 is 0 Å². The van der Waals surface area contributed by atoms with Crippen LogP contribution in [0.4, 0.5) is 0 Å². The Hall–Kier alpha value is -0.200. The predicted molar refractivity (Wildman–Crippen MR) is 71.0 cm³/mol. The molecule has 0 spiro atoms. The fraction of sp³-hybridized carbons (Fsp3) is 1.00. The van der Waals surface area contributed by atoms with Gasteiger partial charge in [-0.2, -0.15) is 0 Å². The summed E-state index contributed by atoms with van der Waals surface area (Å²) < 4.78 is 0. The first-order valence-corrected chi connectivity index (χ1v) is 6.76. The minimum Gasteiger partial charge on any atom is -0.304 e. The Balaban J connectivity index is 1.54. The number of rotatable bonds is 4. The summed E-state index contributed by atoms with van der Waals surface area (Å²) in [6.45, 7) is 11.7. The number of likely N-dealkylation sites (N-methyl/N-ethyl adjacent to an activating group) is 2. The molecule has 0 saturated carbocycles. The molecule has 2 rings (SSSR count). The summed E-state index contributed by atoms with van der Waals surface area (Å²) in [7, 11) is 4.41. The Morgan fingerprint density at radius 1 is 0.647 bits per heavy atom. The lowest BCUT2D eigenvalue weighted by Crippen LogP contribution is -2.51. The van der Waals surface area contributed by atoms with E-state index in [1.165, 1.54) is 52.4 Å². The SMILES string of the molecule is CN1CCN(CNCN2CCN(C)CC2)CC1. The number of hydrogen-bond donors (Lipinski definition) is 1. The van der Waals surface area contributed by atoms with Gasteiger partial charge in [-0.3, -0.25) is 15.1 Å². The maximum Gasteiger partial charge on any atom is 0.0491 e. The Bertz CT molecular complexity index is 185. The molecule has 100 valence electrons. The molecule has 2 heterocycles. The van der Waals surface area contributed by atoms with Crippen LogP contribution >= 0.6 is 0 Å². The van der Waals surface area contributed by atoms with Crippen LogP contribution in [0, 0.1) is 0 Å². The second-order valence-electron chi connectivity index (χ2n) is 5.41. The zero-order chi connectivity index (χ0) is 12.1. The maximum absolute atomic E-state index is 3.57. The highest BCUT2D eigenvalue weighted by atomic mass is 15.3. The second-order valence-corrected chi connectivity index (χ2v) is 5.41. The van der Waals surface area contributed by atoms with E-state index in [0.717, 1.165) is 13.3 Å². The van der Waals surface area contributed by atoms with Gasteiger partial charge in [0.05, 0.1) is 0 Å². The van der Waals surface area contributed by atoms with Crippen LogP contribution in [-0.2, 0) is 0 Å². The van der Waals surface area contributed by atoms with Gasteiger partial charge < -0.3 is 9.80 Å². The third-order valence-electron chi connectivity index (χ3n) is 3.86. The van der Waals surface area contributed by atoms with Crippen molar-refractivity contribution in [3.8, 4) is 0 Å². The Labute approximate surface area is 105 Å². The zero-order valence-electron chi connectivity index (χ0n) is 11.4. The average Bonchev–Trinajstić information content (AvgIpc) is 2.34. The smallest absolute Gasteiger partial charge is 0.0491 e. The Morgan fingerprint density at radius 3 is 1.35 bits per heavy atom. The molecule has 17 heavy (non-hydrogen) atoms. The summed E-state index contributed by atoms with van der Waals surface area (Å²) >= 11 is 0. The third-order valence-corrected chi connectivity index (χ3v) is 3.86. The van der Waals surface area contributed by atoms with E-state index >= 15 is 0 Å². The first-order chi connectivity index (χ1) is 8.24. The van der Waals surface area contributed by atoms with Gasteiger partial charge in [0.1, 0.15) is 0 Å². The van der Waals surface area contributed by atoms with Gasteiger partial charge in [-0.25, -0.2) is 0 Å². The van der Waals surface area contributed by atoms with Crippen molar-refractivity contribution in [1.82, 2.24) is 24.9 Å². The minimum absolute atomic E-state index is 1.04. The Morgan fingerprint density at radius 2 is 1.00 bits per heavy atom. The van der Waals surface area contributed by atoms with E-state index in [1.807, 2.05) is 0 Å². The maximum atomic E-state index is 3.57. The molecule has 0 aromatic heterocycles.